The molecule has 0 spiro atoms. The highest BCUT2D eigenvalue weighted by Gasteiger charge is 2.46. The molecule has 1 aliphatic rings. The number of nitrogens with zero attached hydrogens (tertiary/aromatic N) is 1. The molecule has 0 saturated heterocycles. The molecule has 0 aromatic rings. The van der Waals surface area contributed by atoms with E-state index in [-0.39, 0.29) is 11.6 Å². The molecule has 5 heteroatoms. The van der Waals surface area contributed by atoms with Gasteiger partial charge in [-0.3, -0.25) is 10.1 Å². The molecule has 0 saturated carbocycles. The summed E-state index contributed by atoms with van der Waals surface area (Å²) in [7, 11) is 0. The number of imide groups is 1. The summed E-state index contributed by atoms with van der Waals surface area (Å²) in [4.78, 5) is 25.9. The number of urea groups is 1. The van der Waals surface area contributed by atoms with Crippen LogP contribution in [0.2, 0.25) is 0 Å². The van der Waals surface area contributed by atoms with Gasteiger partial charge in [0.15, 0.2) is 5.60 Å². The molecule has 1 aliphatic heterocycles. The maximum Gasteiger partial charge on any atom is 0.347 e. The first-order valence-corrected chi connectivity index (χ1v) is 4.56. The summed E-state index contributed by atoms with van der Waals surface area (Å²) < 4.78 is 0. The minimum atomic E-state index is -1.64. The van der Waals surface area contributed by atoms with E-state index in [0.29, 0.717) is 6.42 Å². The van der Waals surface area contributed by atoms with Gasteiger partial charge in [0, 0.05) is 0 Å². The van der Waals surface area contributed by atoms with Gasteiger partial charge in [-0.05, 0) is 19.3 Å². The average Bonchev–Trinajstić information content (AvgIpc) is 2.12. The van der Waals surface area contributed by atoms with Crippen LogP contribution in [0.25, 0.3) is 0 Å². The first-order valence-electron chi connectivity index (χ1n) is 4.56. The number of rotatable bonds is 2. The summed E-state index contributed by atoms with van der Waals surface area (Å²) in [6, 6.07) is -0.708. The van der Waals surface area contributed by atoms with E-state index in [1.54, 1.807) is 6.92 Å². The second-order valence-electron chi connectivity index (χ2n) is 3.53. The van der Waals surface area contributed by atoms with Crippen LogP contribution in [0.15, 0.2) is 4.99 Å². The summed E-state index contributed by atoms with van der Waals surface area (Å²) in [6.07, 6.45) is 0.630. The Bertz CT molecular complexity index is 311. The van der Waals surface area contributed by atoms with E-state index in [1.807, 2.05) is 12.2 Å². The fraction of sp³-hybridized carbons (Fsp3) is 0.667. The smallest absolute Gasteiger partial charge is 0.347 e. The zero-order chi connectivity index (χ0) is 10.9. The van der Waals surface area contributed by atoms with Crippen LogP contribution >= 0.6 is 0 Å². The summed E-state index contributed by atoms with van der Waals surface area (Å²) in [6.45, 7) is 5.09. The second kappa shape index (κ2) is 3.49. The third-order valence-corrected chi connectivity index (χ3v) is 2.71. The second-order valence-corrected chi connectivity index (χ2v) is 3.53. The van der Waals surface area contributed by atoms with E-state index in [9.17, 15) is 14.7 Å². The lowest BCUT2D eigenvalue weighted by atomic mass is 9.81. The van der Waals surface area contributed by atoms with Gasteiger partial charge in [0.1, 0.15) is 0 Å². The first-order chi connectivity index (χ1) is 6.42. The topological polar surface area (TPSA) is 78.8 Å². The molecule has 0 fully saturated rings. The molecule has 0 bridgehead atoms. The number of aliphatic imine (C=N–C) groups is 1. The highest BCUT2D eigenvalue weighted by molar-refractivity contribution is 6.21. The molecule has 5 nitrogen and oxygen atoms in total. The van der Waals surface area contributed by atoms with Crippen molar-refractivity contribution in [1.29, 1.82) is 0 Å². The van der Waals surface area contributed by atoms with Crippen molar-refractivity contribution in [1.82, 2.24) is 5.32 Å². The van der Waals surface area contributed by atoms with Crippen molar-refractivity contribution in [2.45, 2.75) is 32.8 Å². The normalized spacial score (nSPS) is 29.6. The number of carbonyl (C=O) groups is 2. The van der Waals surface area contributed by atoms with Crippen LogP contribution in [0.5, 0.6) is 0 Å². The van der Waals surface area contributed by atoms with Gasteiger partial charge in [0.05, 0.1) is 5.71 Å². The van der Waals surface area contributed by atoms with Gasteiger partial charge in [0.2, 0.25) is 0 Å². The van der Waals surface area contributed by atoms with Gasteiger partial charge >= 0.3 is 6.03 Å². The molecule has 14 heavy (non-hydrogen) atoms. The Hall–Kier alpha value is -1.23. The van der Waals surface area contributed by atoms with Gasteiger partial charge in [0.25, 0.3) is 5.91 Å². The average molecular weight is 198 g/mol. The van der Waals surface area contributed by atoms with Gasteiger partial charge in [-0.15, -0.1) is 0 Å². The van der Waals surface area contributed by atoms with Crippen LogP contribution < -0.4 is 5.32 Å². The third-order valence-electron chi connectivity index (χ3n) is 2.71. The zero-order valence-corrected chi connectivity index (χ0v) is 8.50. The SMILES string of the molecule is CCC(C)C1(O)C(=O)NC(=O)N=C1C. The first kappa shape index (κ1) is 10.8. The van der Waals surface area contributed by atoms with Crippen LogP contribution in [-0.2, 0) is 4.79 Å². The van der Waals surface area contributed by atoms with Gasteiger partial charge in [-0.25, -0.2) is 4.79 Å². The van der Waals surface area contributed by atoms with E-state index >= 15 is 0 Å². The molecule has 0 radical (unpaired) electrons. The maximum absolute atomic E-state index is 11.5. The Morgan fingerprint density at radius 3 is 2.57 bits per heavy atom. The number of aliphatic hydroxyl groups is 1. The summed E-state index contributed by atoms with van der Waals surface area (Å²) in [5, 5.41) is 12.1. The van der Waals surface area contributed by atoms with E-state index in [1.165, 1.54) is 6.92 Å². The van der Waals surface area contributed by atoms with Crippen LogP contribution in [0.3, 0.4) is 0 Å². The molecule has 0 aromatic heterocycles. The summed E-state index contributed by atoms with van der Waals surface area (Å²) in [5.74, 6) is -0.941. The number of carbonyl (C=O) groups excluding carboxylic acids is 2. The quantitative estimate of drug-likeness (QED) is 0.677. The number of nitrogens with one attached hydrogen (secondary N) is 1. The van der Waals surface area contributed by atoms with Crippen LogP contribution in [0.1, 0.15) is 27.2 Å². The number of amides is 3. The monoisotopic (exact) mass is 198 g/mol. The van der Waals surface area contributed by atoms with Crippen molar-refractivity contribution in [2.24, 2.45) is 10.9 Å². The molecule has 2 unspecified atom stereocenters. The van der Waals surface area contributed by atoms with Crippen LogP contribution in [0, 0.1) is 5.92 Å². The van der Waals surface area contributed by atoms with Crippen molar-refractivity contribution in [3.8, 4) is 0 Å². The molecular formula is C9H14N2O3. The lowest BCUT2D eigenvalue weighted by molar-refractivity contribution is -0.136. The molecule has 3 amide bonds. The Morgan fingerprint density at radius 2 is 2.14 bits per heavy atom. The largest absolute Gasteiger partial charge is 0.374 e. The Balaban J connectivity index is 3.13. The molecule has 1 heterocycles. The molecule has 78 valence electrons. The molecule has 1 rings (SSSR count). The van der Waals surface area contributed by atoms with E-state index in [2.05, 4.69) is 4.99 Å². The van der Waals surface area contributed by atoms with E-state index in [0.717, 1.165) is 0 Å². The van der Waals surface area contributed by atoms with Crippen LogP contribution in [-0.4, -0.2) is 28.4 Å². The van der Waals surface area contributed by atoms with Gasteiger partial charge in [-0.2, -0.15) is 4.99 Å². The summed E-state index contributed by atoms with van der Waals surface area (Å²) in [5.41, 5.74) is -1.47. The zero-order valence-electron chi connectivity index (χ0n) is 8.50. The molecule has 0 aliphatic carbocycles. The van der Waals surface area contributed by atoms with Crippen molar-refractivity contribution in [2.75, 3.05) is 0 Å². The van der Waals surface area contributed by atoms with Crippen LogP contribution in [0.4, 0.5) is 4.79 Å². The van der Waals surface area contributed by atoms with Gasteiger partial charge in [-0.1, -0.05) is 13.8 Å². The number of hydrogen-bond donors (Lipinski definition) is 2. The molecule has 2 atom stereocenters. The Labute approximate surface area is 82.2 Å². The third kappa shape index (κ3) is 1.43. The molecular weight excluding hydrogens is 184 g/mol. The predicted octanol–water partition coefficient (Wildman–Crippen LogP) is 0.474. The lowest BCUT2D eigenvalue weighted by Gasteiger charge is -2.33. The molecule has 2 N–H and O–H groups in total. The minimum Gasteiger partial charge on any atom is -0.374 e. The highest BCUT2D eigenvalue weighted by atomic mass is 16.3. The lowest BCUT2D eigenvalue weighted by Crippen LogP contribution is -2.60. The maximum atomic E-state index is 11.5. The van der Waals surface area contributed by atoms with Crippen molar-refractivity contribution in [3.63, 3.8) is 0 Å². The van der Waals surface area contributed by atoms with Crippen molar-refractivity contribution < 1.29 is 14.7 Å². The van der Waals surface area contributed by atoms with Gasteiger partial charge < -0.3 is 5.11 Å². The standard InChI is InChI=1S/C9H14N2O3/c1-4-5(2)9(14)6(3)10-8(13)11-7(9)12/h5,14H,4H2,1-3H3,(H,11,12,13). The minimum absolute atomic E-state index is 0.167. The summed E-state index contributed by atoms with van der Waals surface area (Å²) >= 11 is 0. The predicted molar refractivity (Wildman–Crippen MR) is 51.1 cm³/mol. The molecule has 0 aromatic carbocycles. The Morgan fingerprint density at radius 1 is 1.57 bits per heavy atom. The highest BCUT2D eigenvalue weighted by Crippen LogP contribution is 2.24. The van der Waals surface area contributed by atoms with E-state index in [4.69, 9.17) is 0 Å². The fourth-order valence-corrected chi connectivity index (χ4v) is 1.50. The van der Waals surface area contributed by atoms with E-state index < -0.39 is 17.5 Å². The fourth-order valence-electron chi connectivity index (χ4n) is 1.50. The van der Waals surface area contributed by atoms with Crippen molar-refractivity contribution >= 4 is 17.6 Å². The number of hydrogen-bond acceptors (Lipinski definition) is 3. The van der Waals surface area contributed by atoms with Crippen molar-refractivity contribution in [3.05, 3.63) is 0 Å². The Kier molecular flexibility index (Phi) is 2.71.